The molecule has 170 valence electrons. The molecule has 2 saturated carbocycles. The largest absolute Gasteiger partial charge is 0.494 e. The van der Waals surface area contributed by atoms with E-state index in [9.17, 15) is 0 Å². The van der Waals surface area contributed by atoms with Crippen molar-refractivity contribution in [2.24, 2.45) is 23.7 Å². The van der Waals surface area contributed by atoms with Crippen LogP contribution < -0.4 is 4.74 Å². The number of benzene rings is 1. The zero-order chi connectivity index (χ0) is 21.0. The third-order valence-corrected chi connectivity index (χ3v) is 8.27. The van der Waals surface area contributed by atoms with Crippen molar-refractivity contribution >= 4 is 0 Å². The summed E-state index contributed by atoms with van der Waals surface area (Å²) >= 11 is 0. The van der Waals surface area contributed by atoms with Crippen LogP contribution in [0.15, 0.2) is 24.3 Å². The first-order chi connectivity index (χ1) is 14.8. The highest BCUT2D eigenvalue weighted by atomic mass is 16.5. The Hall–Kier alpha value is -0.980. The normalized spacial score (nSPS) is 27.1. The fourth-order valence-corrected chi connectivity index (χ4v) is 5.92. The minimum absolute atomic E-state index is 0.883. The maximum Gasteiger partial charge on any atom is 0.119 e. The van der Waals surface area contributed by atoms with Crippen LogP contribution in [0.4, 0.5) is 0 Å². The fraction of sp³-hybridized carbons (Fsp3) is 0.793. The van der Waals surface area contributed by atoms with Crippen LogP contribution in [0.5, 0.6) is 5.75 Å². The monoisotopic (exact) mass is 412 g/mol. The number of aryl methyl sites for hydroxylation is 1. The van der Waals surface area contributed by atoms with Gasteiger partial charge in [-0.1, -0.05) is 103 Å². The summed E-state index contributed by atoms with van der Waals surface area (Å²) in [6.07, 6.45) is 22.6. The van der Waals surface area contributed by atoms with E-state index in [1.165, 1.54) is 108 Å². The van der Waals surface area contributed by atoms with Gasteiger partial charge in [0.1, 0.15) is 5.75 Å². The molecule has 0 aromatic heterocycles. The van der Waals surface area contributed by atoms with E-state index in [1.807, 2.05) is 0 Å². The van der Waals surface area contributed by atoms with Gasteiger partial charge in [-0.3, -0.25) is 0 Å². The fourth-order valence-electron chi connectivity index (χ4n) is 5.92. The smallest absolute Gasteiger partial charge is 0.119 e. The van der Waals surface area contributed by atoms with Gasteiger partial charge in [0.25, 0.3) is 0 Å². The molecule has 1 aromatic carbocycles. The molecule has 0 atom stereocenters. The molecule has 0 unspecified atom stereocenters. The maximum absolute atomic E-state index is 6.03. The summed E-state index contributed by atoms with van der Waals surface area (Å²) in [5.41, 5.74) is 1.49. The van der Waals surface area contributed by atoms with E-state index in [-0.39, 0.29) is 0 Å². The molecule has 0 heterocycles. The van der Waals surface area contributed by atoms with Gasteiger partial charge >= 0.3 is 0 Å². The molecule has 1 heteroatoms. The second-order valence-corrected chi connectivity index (χ2v) is 10.5. The Bertz CT molecular complexity index is 546. The highest BCUT2D eigenvalue weighted by molar-refractivity contribution is 5.27. The van der Waals surface area contributed by atoms with Crippen molar-refractivity contribution < 1.29 is 4.74 Å². The zero-order valence-corrected chi connectivity index (χ0v) is 20.0. The third kappa shape index (κ3) is 8.27. The Kier molecular flexibility index (Phi) is 10.6. The average Bonchev–Trinajstić information content (AvgIpc) is 2.81. The molecule has 2 aliphatic rings. The minimum Gasteiger partial charge on any atom is -0.494 e. The molecular weight excluding hydrogens is 364 g/mol. The summed E-state index contributed by atoms with van der Waals surface area (Å²) in [7, 11) is 0. The molecule has 0 bridgehead atoms. The SMILES string of the molecule is CCCC[C@H]1CC[C@H](CCc2ccc(OCCC[C@H]3CC[C@H](CC)CC3)cc2)CC1. The van der Waals surface area contributed by atoms with Crippen molar-refractivity contribution in [1.82, 2.24) is 0 Å². The van der Waals surface area contributed by atoms with Crippen molar-refractivity contribution in [1.29, 1.82) is 0 Å². The highest BCUT2D eigenvalue weighted by Gasteiger charge is 2.21. The summed E-state index contributed by atoms with van der Waals surface area (Å²) in [5, 5.41) is 0. The Morgan fingerprint density at radius 1 is 0.667 bits per heavy atom. The van der Waals surface area contributed by atoms with Crippen molar-refractivity contribution in [3.05, 3.63) is 29.8 Å². The molecule has 2 aliphatic carbocycles. The van der Waals surface area contributed by atoms with Crippen molar-refractivity contribution in [3.8, 4) is 5.75 Å². The first kappa shape index (κ1) is 23.7. The number of hydrogen-bond acceptors (Lipinski definition) is 1. The van der Waals surface area contributed by atoms with E-state index in [4.69, 9.17) is 4.74 Å². The second-order valence-electron chi connectivity index (χ2n) is 10.5. The van der Waals surface area contributed by atoms with Crippen LogP contribution in [0.25, 0.3) is 0 Å². The second kappa shape index (κ2) is 13.4. The van der Waals surface area contributed by atoms with Gasteiger partial charge < -0.3 is 4.74 Å². The molecule has 1 nitrogen and oxygen atoms in total. The maximum atomic E-state index is 6.03. The number of ether oxygens (including phenoxy) is 1. The Labute approximate surface area is 187 Å². The van der Waals surface area contributed by atoms with Gasteiger partial charge in [0.05, 0.1) is 6.61 Å². The molecule has 1 aromatic rings. The average molecular weight is 413 g/mol. The zero-order valence-electron chi connectivity index (χ0n) is 20.0. The number of unbranched alkanes of at least 4 members (excludes halogenated alkanes) is 1. The molecule has 0 radical (unpaired) electrons. The molecule has 30 heavy (non-hydrogen) atoms. The summed E-state index contributed by atoms with van der Waals surface area (Å²) in [4.78, 5) is 0. The van der Waals surface area contributed by atoms with Gasteiger partial charge in [0.2, 0.25) is 0 Å². The van der Waals surface area contributed by atoms with E-state index in [0.29, 0.717) is 0 Å². The van der Waals surface area contributed by atoms with Gasteiger partial charge in [-0.2, -0.15) is 0 Å². The van der Waals surface area contributed by atoms with Crippen LogP contribution in [-0.2, 0) is 6.42 Å². The lowest BCUT2D eigenvalue weighted by Gasteiger charge is -2.28. The molecule has 0 spiro atoms. The van der Waals surface area contributed by atoms with Crippen LogP contribution in [0.1, 0.15) is 116 Å². The van der Waals surface area contributed by atoms with E-state index in [2.05, 4.69) is 38.1 Å². The van der Waals surface area contributed by atoms with Crippen LogP contribution in [0.3, 0.4) is 0 Å². The molecule has 3 rings (SSSR count). The molecule has 0 saturated heterocycles. The minimum atomic E-state index is 0.883. The summed E-state index contributed by atoms with van der Waals surface area (Å²) in [6, 6.07) is 9.00. The van der Waals surface area contributed by atoms with Crippen LogP contribution in [0.2, 0.25) is 0 Å². The molecular formula is C29H48O. The van der Waals surface area contributed by atoms with E-state index >= 15 is 0 Å². The molecule has 0 aliphatic heterocycles. The predicted octanol–water partition coefficient (Wildman–Crippen LogP) is 8.99. The van der Waals surface area contributed by atoms with Gasteiger partial charge in [0, 0.05) is 0 Å². The number of hydrogen-bond donors (Lipinski definition) is 0. The van der Waals surface area contributed by atoms with Crippen LogP contribution >= 0.6 is 0 Å². The third-order valence-electron chi connectivity index (χ3n) is 8.27. The van der Waals surface area contributed by atoms with E-state index in [0.717, 1.165) is 36.0 Å². The molecule has 2 fully saturated rings. The van der Waals surface area contributed by atoms with Crippen molar-refractivity contribution in [2.75, 3.05) is 6.61 Å². The molecule has 0 amide bonds. The summed E-state index contributed by atoms with van der Waals surface area (Å²) < 4.78 is 6.03. The lowest BCUT2D eigenvalue weighted by Crippen LogP contribution is -2.15. The number of rotatable bonds is 12. The van der Waals surface area contributed by atoms with Crippen LogP contribution in [0, 0.1) is 23.7 Å². The standard InChI is InChI=1S/C29H48O/c1-3-5-7-25-13-15-27(16-14-25)17-18-28-19-21-29(22-20-28)30-23-6-8-26-11-9-24(4-2)10-12-26/h19-22,24-27H,3-18,23H2,1-2H3/t24-,25-,26-,27-. The van der Waals surface area contributed by atoms with Crippen LogP contribution in [-0.4, -0.2) is 6.61 Å². The lowest BCUT2D eigenvalue weighted by molar-refractivity contribution is 0.234. The first-order valence-corrected chi connectivity index (χ1v) is 13.5. The quantitative estimate of drug-likeness (QED) is 0.311. The Morgan fingerprint density at radius 2 is 1.20 bits per heavy atom. The Morgan fingerprint density at radius 3 is 1.77 bits per heavy atom. The Balaban J connectivity index is 1.25. The molecule has 0 N–H and O–H groups in total. The highest BCUT2D eigenvalue weighted by Crippen LogP contribution is 2.35. The van der Waals surface area contributed by atoms with Crippen molar-refractivity contribution in [2.45, 2.75) is 117 Å². The van der Waals surface area contributed by atoms with Gasteiger partial charge in [-0.25, -0.2) is 0 Å². The lowest BCUT2D eigenvalue weighted by atomic mass is 9.78. The van der Waals surface area contributed by atoms with E-state index in [1.54, 1.807) is 0 Å². The van der Waals surface area contributed by atoms with Gasteiger partial charge in [-0.15, -0.1) is 0 Å². The summed E-state index contributed by atoms with van der Waals surface area (Å²) in [5.74, 6) is 5.03. The van der Waals surface area contributed by atoms with Gasteiger partial charge in [-0.05, 0) is 67.1 Å². The van der Waals surface area contributed by atoms with E-state index < -0.39 is 0 Å². The topological polar surface area (TPSA) is 9.23 Å². The van der Waals surface area contributed by atoms with Gasteiger partial charge in [0.15, 0.2) is 0 Å². The van der Waals surface area contributed by atoms with Crippen molar-refractivity contribution in [3.63, 3.8) is 0 Å². The predicted molar refractivity (Wildman–Crippen MR) is 130 cm³/mol. The summed E-state index contributed by atoms with van der Waals surface area (Å²) in [6.45, 7) is 5.55. The first-order valence-electron chi connectivity index (χ1n) is 13.5.